The van der Waals surface area contributed by atoms with E-state index in [4.69, 9.17) is 11.6 Å². The van der Waals surface area contributed by atoms with E-state index in [1.165, 1.54) is 5.56 Å². The van der Waals surface area contributed by atoms with Crippen molar-refractivity contribution in [2.75, 3.05) is 5.32 Å². The van der Waals surface area contributed by atoms with Gasteiger partial charge in [0.2, 0.25) is 0 Å². The summed E-state index contributed by atoms with van der Waals surface area (Å²) in [6.07, 6.45) is 1.85. The number of hydrogen-bond acceptors (Lipinski definition) is 2. The lowest BCUT2D eigenvalue weighted by atomic mass is 10.2. The van der Waals surface area contributed by atoms with E-state index in [-0.39, 0.29) is 0 Å². The number of halogens is 1. The van der Waals surface area contributed by atoms with Crippen LogP contribution in [-0.4, -0.2) is 4.98 Å². The third kappa shape index (κ3) is 2.97. The van der Waals surface area contributed by atoms with Gasteiger partial charge in [-0.1, -0.05) is 29.8 Å². The zero-order chi connectivity index (χ0) is 11.4. The molecule has 0 spiro atoms. The van der Waals surface area contributed by atoms with Gasteiger partial charge in [-0.2, -0.15) is 0 Å². The van der Waals surface area contributed by atoms with E-state index in [9.17, 15) is 0 Å². The Hall–Kier alpha value is -1.54. The first-order valence-electron chi connectivity index (χ1n) is 5.15. The molecule has 2 nitrogen and oxygen atoms in total. The third-order valence-corrected chi connectivity index (χ3v) is 2.55. The minimum Gasteiger partial charge on any atom is -0.366 e. The van der Waals surface area contributed by atoms with Gasteiger partial charge in [0.25, 0.3) is 0 Å². The Kier molecular flexibility index (Phi) is 3.42. The van der Waals surface area contributed by atoms with Crippen molar-refractivity contribution in [1.82, 2.24) is 4.98 Å². The van der Waals surface area contributed by atoms with E-state index in [2.05, 4.69) is 10.3 Å². The quantitative estimate of drug-likeness (QED) is 0.874. The van der Waals surface area contributed by atoms with E-state index in [1.807, 2.05) is 49.5 Å². The Balaban J connectivity index is 1.97. The minimum absolute atomic E-state index is 0.757. The van der Waals surface area contributed by atoms with Crippen LogP contribution in [0.1, 0.15) is 11.1 Å². The van der Waals surface area contributed by atoms with Crippen molar-refractivity contribution in [3.05, 3.63) is 58.7 Å². The summed E-state index contributed by atoms with van der Waals surface area (Å²) in [5, 5.41) is 4.01. The number of nitrogens with one attached hydrogen (secondary N) is 1. The maximum atomic E-state index is 5.81. The van der Waals surface area contributed by atoms with Gasteiger partial charge in [0.15, 0.2) is 0 Å². The van der Waals surface area contributed by atoms with Crippen molar-refractivity contribution in [1.29, 1.82) is 0 Å². The lowest BCUT2D eigenvalue weighted by molar-refractivity contribution is 1.11. The molecule has 0 aliphatic rings. The summed E-state index contributed by atoms with van der Waals surface area (Å²) < 4.78 is 0. The van der Waals surface area contributed by atoms with Crippen molar-refractivity contribution in [2.24, 2.45) is 0 Å². The molecule has 0 aliphatic heterocycles. The summed E-state index contributed by atoms with van der Waals surface area (Å²) in [6, 6.07) is 11.8. The predicted molar refractivity (Wildman–Crippen MR) is 67.8 cm³/mol. The fourth-order valence-corrected chi connectivity index (χ4v) is 1.49. The monoisotopic (exact) mass is 232 g/mol. The summed E-state index contributed by atoms with van der Waals surface area (Å²) in [5.74, 6) is 0.889. The number of pyridine rings is 1. The van der Waals surface area contributed by atoms with E-state index >= 15 is 0 Å². The van der Waals surface area contributed by atoms with Gasteiger partial charge in [0, 0.05) is 17.8 Å². The van der Waals surface area contributed by atoms with Crippen molar-refractivity contribution < 1.29 is 0 Å². The van der Waals surface area contributed by atoms with Gasteiger partial charge in [-0.05, 0) is 36.2 Å². The zero-order valence-electron chi connectivity index (χ0n) is 9.07. The van der Waals surface area contributed by atoms with E-state index in [1.54, 1.807) is 0 Å². The van der Waals surface area contributed by atoms with Crippen molar-refractivity contribution in [3.8, 4) is 0 Å². The Morgan fingerprint density at radius 1 is 1.12 bits per heavy atom. The van der Waals surface area contributed by atoms with Gasteiger partial charge in [-0.3, -0.25) is 0 Å². The molecule has 1 heterocycles. The third-order valence-electron chi connectivity index (χ3n) is 2.30. The summed E-state index contributed by atoms with van der Waals surface area (Å²) in [6.45, 7) is 2.78. The summed E-state index contributed by atoms with van der Waals surface area (Å²) in [7, 11) is 0. The molecule has 3 heteroatoms. The Morgan fingerprint density at radius 3 is 2.50 bits per heavy atom. The highest BCUT2D eigenvalue weighted by atomic mass is 35.5. The molecule has 0 saturated heterocycles. The first kappa shape index (κ1) is 11.0. The second kappa shape index (κ2) is 4.99. The molecule has 1 aromatic carbocycles. The van der Waals surface area contributed by atoms with E-state index < -0.39 is 0 Å². The minimum atomic E-state index is 0.757. The average Bonchev–Trinajstić information content (AvgIpc) is 2.30. The molecule has 0 atom stereocenters. The molecule has 82 valence electrons. The van der Waals surface area contributed by atoms with Crippen LogP contribution in [0.25, 0.3) is 0 Å². The zero-order valence-corrected chi connectivity index (χ0v) is 9.83. The van der Waals surface area contributed by atoms with Crippen LogP contribution in [0, 0.1) is 6.92 Å². The Bertz CT molecular complexity index is 403. The second-order valence-corrected chi connectivity index (χ2v) is 4.14. The highest BCUT2D eigenvalue weighted by Crippen LogP contribution is 2.11. The first-order chi connectivity index (χ1) is 7.74. The number of anilines is 1. The maximum absolute atomic E-state index is 5.81. The molecule has 0 aliphatic carbocycles. The molecule has 0 unspecified atom stereocenters. The molecule has 1 aromatic heterocycles. The predicted octanol–water partition coefficient (Wildman–Crippen LogP) is 3.66. The number of benzene rings is 1. The smallest absolute Gasteiger partial charge is 0.126 e. The van der Waals surface area contributed by atoms with Crippen LogP contribution in [0.4, 0.5) is 5.82 Å². The molecule has 0 amide bonds. The lowest BCUT2D eigenvalue weighted by Crippen LogP contribution is -2.00. The Labute approximate surface area is 100 Å². The van der Waals surface area contributed by atoms with Gasteiger partial charge in [0.05, 0.1) is 0 Å². The van der Waals surface area contributed by atoms with Crippen LogP contribution >= 0.6 is 11.6 Å². The summed E-state index contributed by atoms with van der Waals surface area (Å²) in [5.41, 5.74) is 2.35. The number of rotatable bonds is 3. The van der Waals surface area contributed by atoms with Gasteiger partial charge in [-0.15, -0.1) is 0 Å². The molecular formula is C13H13ClN2. The van der Waals surface area contributed by atoms with Crippen molar-refractivity contribution >= 4 is 17.4 Å². The summed E-state index contributed by atoms with van der Waals surface area (Å²) in [4.78, 5) is 4.27. The second-order valence-electron chi connectivity index (χ2n) is 3.70. The van der Waals surface area contributed by atoms with E-state index in [0.717, 1.165) is 22.9 Å². The van der Waals surface area contributed by atoms with Gasteiger partial charge in [0.1, 0.15) is 5.82 Å². The molecule has 16 heavy (non-hydrogen) atoms. The summed E-state index contributed by atoms with van der Waals surface area (Å²) >= 11 is 5.81. The van der Waals surface area contributed by atoms with Crippen LogP contribution < -0.4 is 5.32 Å². The molecule has 0 radical (unpaired) electrons. The first-order valence-corrected chi connectivity index (χ1v) is 5.53. The van der Waals surface area contributed by atoms with Crippen molar-refractivity contribution in [3.63, 3.8) is 0 Å². The van der Waals surface area contributed by atoms with Crippen LogP contribution in [0.5, 0.6) is 0 Å². The average molecular weight is 233 g/mol. The lowest BCUT2D eigenvalue weighted by Gasteiger charge is -2.05. The van der Waals surface area contributed by atoms with E-state index in [0.29, 0.717) is 0 Å². The normalized spacial score (nSPS) is 10.1. The van der Waals surface area contributed by atoms with Crippen LogP contribution in [0.3, 0.4) is 0 Å². The molecular weight excluding hydrogens is 220 g/mol. The molecule has 0 fully saturated rings. The van der Waals surface area contributed by atoms with Crippen LogP contribution in [-0.2, 0) is 6.54 Å². The topological polar surface area (TPSA) is 24.9 Å². The number of hydrogen-bond donors (Lipinski definition) is 1. The molecule has 2 rings (SSSR count). The van der Waals surface area contributed by atoms with Gasteiger partial charge in [-0.25, -0.2) is 4.98 Å². The fourth-order valence-electron chi connectivity index (χ4n) is 1.37. The number of aryl methyl sites for hydroxylation is 1. The highest BCUT2D eigenvalue weighted by molar-refractivity contribution is 6.30. The molecule has 0 bridgehead atoms. The van der Waals surface area contributed by atoms with Gasteiger partial charge >= 0.3 is 0 Å². The number of aromatic nitrogens is 1. The fraction of sp³-hybridized carbons (Fsp3) is 0.154. The number of nitrogens with zero attached hydrogens (tertiary/aromatic N) is 1. The molecule has 0 saturated carbocycles. The molecule has 2 aromatic rings. The van der Waals surface area contributed by atoms with Gasteiger partial charge < -0.3 is 5.32 Å². The standard InChI is InChI=1S/C13H13ClN2/c1-10-2-7-13(15-8-10)16-9-11-3-5-12(14)6-4-11/h2-8H,9H2,1H3,(H,15,16). The van der Waals surface area contributed by atoms with Crippen molar-refractivity contribution in [2.45, 2.75) is 13.5 Å². The van der Waals surface area contributed by atoms with Crippen LogP contribution in [0.2, 0.25) is 5.02 Å². The Morgan fingerprint density at radius 2 is 1.88 bits per heavy atom. The molecule has 1 N–H and O–H groups in total. The maximum Gasteiger partial charge on any atom is 0.126 e. The van der Waals surface area contributed by atoms with Crippen LogP contribution in [0.15, 0.2) is 42.6 Å². The largest absolute Gasteiger partial charge is 0.366 e. The highest BCUT2D eigenvalue weighted by Gasteiger charge is 1.95. The SMILES string of the molecule is Cc1ccc(NCc2ccc(Cl)cc2)nc1.